The van der Waals surface area contributed by atoms with E-state index in [-0.39, 0.29) is 0 Å². The summed E-state index contributed by atoms with van der Waals surface area (Å²) in [7, 11) is 0. The molecule has 1 saturated heterocycles. The van der Waals surface area contributed by atoms with E-state index >= 15 is 0 Å². The summed E-state index contributed by atoms with van der Waals surface area (Å²) in [5.74, 6) is 2.40. The van der Waals surface area contributed by atoms with E-state index in [4.69, 9.17) is 4.74 Å². The molecule has 0 aromatic carbocycles. The first-order chi connectivity index (χ1) is 7.93. The first kappa shape index (κ1) is 10.6. The molecule has 0 bridgehead atoms. The Morgan fingerprint density at radius 1 is 1.12 bits per heavy atom. The van der Waals surface area contributed by atoms with Crippen molar-refractivity contribution in [3.05, 3.63) is 0 Å². The molecular formula is C13H22N2O. The number of ether oxygens (including phenoxy) is 1. The topological polar surface area (TPSA) is 33.6 Å². The van der Waals surface area contributed by atoms with Crippen LogP contribution in [-0.4, -0.2) is 31.6 Å². The molecule has 0 radical (unpaired) electrons. The van der Waals surface area contributed by atoms with Crippen LogP contribution in [0.4, 0.5) is 0 Å². The van der Waals surface area contributed by atoms with Gasteiger partial charge in [0, 0.05) is 12.5 Å². The quantitative estimate of drug-likeness (QED) is 0.775. The van der Waals surface area contributed by atoms with Crippen LogP contribution in [0.3, 0.4) is 0 Å². The van der Waals surface area contributed by atoms with Crippen molar-refractivity contribution in [3.63, 3.8) is 0 Å². The van der Waals surface area contributed by atoms with Crippen molar-refractivity contribution in [2.24, 2.45) is 16.8 Å². The maximum Gasteiger partial charge on any atom is 0.188 e. The van der Waals surface area contributed by atoms with E-state index in [1.54, 1.807) is 0 Å². The van der Waals surface area contributed by atoms with Gasteiger partial charge in [-0.2, -0.15) is 0 Å². The molecule has 0 amide bonds. The highest BCUT2D eigenvalue weighted by atomic mass is 16.5. The molecule has 1 N–H and O–H groups in total. The van der Waals surface area contributed by atoms with Crippen LogP contribution in [0.15, 0.2) is 4.99 Å². The molecule has 1 saturated carbocycles. The van der Waals surface area contributed by atoms with Gasteiger partial charge >= 0.3 is 0 Å². The Morgan fingerprint density at radius 2 is 2.00 bits per heavy atom. The molecule has 2 aliphatic heterocycles. The first-order valence-electron chi connectivity index (χ1n) is 6.85. The number of rotatable bonds is 2. The maximum atomic E-state index is 6.09. The predicted molar refractivity (Wildman–Crippen MR) is 64.7 cm³/mol. The van der Waals surface area contributed by atoms with E-state index in [1.165, 1.54) is 38.5 Å². The van der Waals surface area contributed by atoms with Crippen LogP contribution in [0.5, 0.6) is 0 Å². The van der Waals surface area contributed by atoms with E-state index in [2.05, 4.69) is 10.3 Å². The van der Waals surface area contributed by atoms with Crippen molar-refractivity contribution >= 4 is 5.90 Å². The van der Waals surface area contributed by atoms with Crippen molar-refractivity contribution in [1.82, 2.24) is 5.32 Å². The van der Waals surface area contributed by atoms with Crippen LogP contribution >= 0.6 is 0 Å². The van der Waals surface area contributed by atoms with Crippen LogP contribution in [0.1, 0.15) is 38.5 Å². The van der Waals surface area contributed by atoms with Crippen LogP contribution in [0.2, 0.25) is 0 Å². The Kier molecular flexibility index (Phi) is 3.13. The molecule has 2 fully saturated rings. The summed E-state index contributed by atoms with van der Waals surface area (Å²) in [6, 6.07) is 0. The van der Waals surface area contributed by atoms with Crippen LogP contribution < -0.4 is 5.32 Å². The average molecular weight is 222 g/mol. The molecule has 16 heavy (non-hydrogen) atoms. The monoisotopic (exact) mass is 222 g/mol. The van der Waals surface area contributed by atoms with Gasteiger partial charge in [-0.3, -0.25) is 4.99 Å². The van der Waals surface area contributed by atoms with Crippen molar-refractivity contribution in [3.8, 4) is 0 Å². The molecule has 3 heteroatoms. The van der Waals surface area contributed by atoms with Gasteiger partial charge in [-0.15, -0.1) is 0 Å². The Balaban J connectivity index is 1.54. The second-order valence-corrected chi connectivity index (χ2v) is 5.42. The largest absolute Gasteiger partial charge is 0.475 e. The predicted octanol–water partition coefficient (Wildman–Crippen LogP) is 1.97. The van der Waals surface area contributed by atoms with Crippen LogP contribution in [-0.2, 0) is 4.74 Å². The van der Waals surface area contributed by atoms with E-state index in [0.29, 0.717) is 12.0 Å². The van der Waals surface area contributed by atoms with Crippen LogP contribution in [0.25, 0.3) is 0 Å². The zero-order chi connectivity index (χ0) is 10.8. The fraction of sp³-hybridized carbons (Fsp3) is 0.923. The lowest BCUT2D eigenvalue weighted by molar-refractivity contribution is 0.117. The Morgan fingerprint density at radius 3 is 2.75 bits per heavy atom. The van der Waals surface area contributed by atoms with Gasteiger partial charge in [0.1, 0.15) is 6.10 Å². The SMILES string of the molecule is C1CCC(C2CN=C(C3CCNC3)O2)CC1. The fourth-order valence-corrected chi connectivity index (χ4v) is 3.25. The third kappa shape index (κ3) is 2.10. The van der Waals surface area contributed by atoms with E-state index in [1.807, 2.05) is 0 Å². The Bertz CT molecular complexity index is 265. The highest BCUT2D eigenvalue weighted by Crippen LogP contribution is 2.31. The molecule has 0 spiro atoms. The Labute approximate surface area is 97.7 Å². The molecule has 2 heterocycles. The summed E-state index contributed by atoms with van der Waals surface area (Å²) in [6.07, 6.45) is 8.54. The van der Waals surface area contributed by atoms with Crippen molar-refractivity contribution in [2.45, 2.75) is 44.6 Å². The summed E-state index contributed by atoms with van der Waals surface area (Å²) in [5.41, 5.74) is 0. The molecule has 90 valence electrons. The third-order valence-corrected chi connectivity index (χ3v) is 4.28. The lowest BCUT2D eigenvalue weighted by Crippen LogP contribution is -2.28. The van der Waals surface area contributed by atoms with Gasteiger partial charge < -0.3 is 10.1 Å². The minimum Gasteiger partial charge on any atom is -0.475 e. The number of nitrogens with one attached hydrogen (secondary N) is 1. The molecule has 2 atom stereocenters. The van der Waals surface area contributed by atoms with Gasteiger partial charge in [-0.25, -0.2) is 0 Å². The third-order valence-electron chi connectivity index (χ3n) is 4.28. The summed E-state index contributed by atoms with van der Waals surface area (Å²) in [6.45, 7) is 3.12. The Hall–Kier alpha value is -0.570. The van der Waals surface area contributed by atoms with Gasteiger partial charge in [0.15, 0.2) is 5.90 Å². The maximum absolute atomic E-state index is 6.09. The lowest BCUT2D eigenvalue weighted by atomic mass is 9.85. The van der Waals surface area contributed by atoms with Crippen molar-refractivity contribution in [1.29, 1.82) is 0 Å². The van der Waals surface area contributed by atoms with Gasteiger partial charge in [-0.05, 0) is 31.7 Å². The lowest BCUT2D eigenvalue weighted by Gasteiger charge is -2.27. The number of hydrogen-bond acceptors (Lipinski definition) is 3. The number of aliphatic imine (C=N–C) groups is 1. The molecule has 3 rings (SSSR count). The molecule has 0 aromatic rings. The zero-order valence-corrected chi connectivity index (χ0v) is 9.95. The smallest absolute Gasteiger partial charge is 0.188 e. The summed E-state index contributed by atoms with van der Waals surface area (Å²) in [4.78, 5) is 4.63. The highest BCUT2D eigenvalue weighted by molar-refractivity contribution is 5.80. The zero-order valence-electron chi connectivity index (χ0n) is 9.95. The second-order valence-electron chi connectivity index (χ2n) is 5.42. The van der Waals surface area contributed by atoms with Gasteiger partial charge in [0.25, 0.3) is 0 Å². The van der Waals surface area contributed by atoms with Gasteiger partial charge in [0.2, 0.25) is 0 Å². The molecule has 2 unspecified atom stereocenters. The van der Waals surface area contributed by atoms with E-state index in [9.17, 15) is 0 Å². The molecule has 1 aliphatic carbocycles. The minimum atomic E-state index is 0.413. The standard InChI is InChI=1S/C13H22N2O/c1-2-4-10(5-3-1)12-9-15-13(16-12)11-6-7-14-8-11/h10-12,14H,1-9H2. The molecule has 3 nitrogen and oxygen atoms in total. The molecule has 3 aliphatic rings. The van der Waals surface area contributed by atoms with E-state index < -0.39 is 0 Å². The highest BCUT2D eigenvalue weighted by Gasteiger charge is 2.33. The molecule has 0 aromatic heterocycles. The van der Waals surface area contributed by atoms with Gasteiger partial charge in [0.05, 0.1) is 6.54 Å². The minimum absolute atomic E-state index is 0.413. The molecular weight excluding hydrogens is 200 g/mol. The summed E-state index contributed by atoms with van der Waals surface area (Å²) >= 11 is 0. The number of hydrogen-bond donors (Lipinski definition) is 1. The fourth-order valence-electron chi connectivity index (χ4n) is 3.25. The number of nitrogens with zero attached hydrogens (tertiary/aromatic N) is 1. The summed E-state index contributed by atoms with van der Waals surface area (Å²) < 4.78 is 6.09. The normalized spacial score (nSPS) is 36.1. The first-order valence-corrected chi connectivity index (χ1v) is 6.85. The summed E-state index contributed by atoms with van der Waals surface area (Å²) in [5, 5.41) is 3.38. The second kappa shape index (κ2) is 4.74. The van der Waals surface area contributed by atoms with E-state index in [0.717, 1.165) is 31.4 Å². The van der Waals surface area contributed by atoms with Crippen molar-refractivity contribution < 1.29 is 4.74 Å². The van der Waals surface area contributed by atoms with Crippen molar-refractivity contribution in [2.75, 3.05) is 19.6 Å². The van der Waals surface area contributed by atoms with Crippen LogP contribution in [0, 0.1) is 11.8 Å². The van der Waals surface area contributed by atoms with Gasteiger partial charge in [-0.1, -0.05) is 19.3 Å². The average Bonchev–Trinajstić information content (AvgIpc) is 3.01.